The Kier molecular flexibility index (Phi) is 2.05. The second-order valence-corrected chi connectivity index (χ2v) is 2.93. The minimum atomic E-state index is -0.0330. The van der Waals surface area contributed by atoms with E-state index in [-0.39, 0.29) is 6.04 Å². The summed E-state index contributed by atoms with van der Waals surface area (Å²) in [7, 11) is 1.82. The summed E-state index contributed by atoms with van der Waals surface area (Å²) in [6.07, 6.45) is 0. The van der Waals surface area contributed by atoms with Gasteiger partial charge < -0.3 is 5.73 Å². The Bertz CT molecular complexity index is 210. The van der Waals surface area contributed by atoms with Crippen molar-refractivity contribution in [2.75, 3.05) is 0 Å². The fourth-order valence-corrected chi connectivity index (χ4v) is 1.51. The third-order valence-electron chi connectivity index (χ3n) is 1.26. The Balaban J connectivity index is 3.10. The second kappa shape index (κ2) is 2.67. The Hall–Kier alpha value is -0.420. The van der Waals surface area contributed by atoms with Gasteiger partial charge in [0.05, 0.1) is 5.69 Å². The number of aryl methyl sites for hydroxylation is 1. The van der Waals surface area contributed by atoms with Crippen molar-refractivity contribution in [2.45, 2.75) is 13.0 Å². The number of nitrogens with zero attached hydrogens (tertiary/aromatic N) is 3. The van der Waals surface area contributed by atoms with E-state index in [4.69, 9.17) is 5.73 Å². The lowest BCUT2D eigenvalue weighted by Crippen LogP contribution is -2.10. The van der Waals surface area contributed by atoms with Crippen LogP contribution in [0.25, 0.3) is 0 Å². The van der Waals surface area contributed by atoms with E-state index in [1.54, 1.807) is 4.68 Å². The van der Waals surface area contributed by atoms with Gasteiger partial charge in [0.2, 0.25) is 0 Å². The highest BCUT2D eigenvalue weighted by Gasteiger charge is 2.10. The maximum atomic E-state index is 5.63. The molecule has 2 N–H and O–H groups in total. The van der Waals surface area contributed by atoms with Gasteiger partial charge in [-0.2, -0.15) is 0 Å². The molecule has 0 aliphatic heterocycles. The molecule has 0 aliphatic rings. The maximum absolute atomic E-state index is 5.63. The second-order valence-electron chi connectivity index (χ2n) is 2.18. The van der Waals surface area contributed by atoms with Crippen LogP contribution in [0.3, 0.4) is 0 Å². The van der Waals surface area contributed by atoms with Gasteiger partial charge in [-0.15, -0.1) is 5.10 Å². The van der Waals surface area contributed by atoms with E-state index in [0.717, 1.165) is 10.3 Å². The van der Waals surface area contributed by atoms with Crippen LogP contribution in [-0.2, 0) is 7.05 Å². The maximum Gasteiger partial charge on any atom is 0.153 e. The van der Waals surface area contributed by atoms with Crippen molar-refractivity contribution in [2.24, 2.45) is 12.8 Å². The van der Waals surface area contributed by atoms with Gasteiger partial charge in [-0.3, -0.25) is 0 Å². The van der Waals surface area contributed by atoms with E-state index in [9.17, 15) is 0 Å². The zero-order valence-corrected chi connectivity index (χ0v) is 7.46. The summed E-state index contributed by atoms with van der Waals surface area (Å²) >= 11 is 3.24. The first-order valence-electron chi connectivity index (χ1n) is 2.93. The summed E-state index contributed by atoms with van der Waals surface area (Å²) < 4.78 is 2.39. The van der Waals surface area contributed by atoms with Crippen molar-refractivity contribution in [3.05, 3.63) is 10.3 Å². The largest absolute Gasteiger partial charge is 0.323 e. The van der Waals surface area contributed by atoms with E-state index < -0.39 is 0 Å². The Morgan fingerprint density at radius 2 is 2.30 bits per heavy atom. The van der Waals surface area contributed by atoms with Crippen molar-refractivity contribution < 1.29 is 0 Å². The standard InChI is InChI=1S/C5H9BrN4/c1-3(7)4-5(6)8-9-10(4)2/h3H,7H2,1-2H3. The molecule has 10 heavy (non-hydrogen) atoms. The highest BCUT2D eigenvalue weighted by atomic mass is 79.9. The number of halogens is 1. The quantitative estimate of drug-likeness (QED) is 0.730. The molecule has 1 heterocycles. The van der Waals surface area contributed by atoms with Crippen LogP contribution in [-0.4, -0.2) is 15.0 Å². The molecule has 1 atom stereocenters. The van der Waals surface area contributed by atoms with Crippen LogP contribution in [0.5, 0.6) is 0 Å². The van der Waals surface area contributed by atoms with E-state index in [1.807, 2.05) is 14.0 Å². The monoisotopic (exact) mass is 204 g/mol. The smallest absolute Gasteiger partial charge is 0.153 e. The molecule has 0 aliphatic carbocycles. The average molecular weight is 205 g/mol. The fourth-order valence-electron chi connectivity index (χ4n) is 0.822. The lowest BCUT2D eigenvalue weighted by Gasteiger charge is -2.03. The Morgan fingerprint density at radius 1 is 1.70 bits per heavy atom. The molecule has 5 heteroatoms. The number of rotatable bonds is 1. The molecule has 0 radical (unpaired) electrons. The summed E-state index contributed by atoms with van der Waals surface area (Å²) in [5.41, 5.74) is 6.55. The minimum absolute atomic E-state index is 0.0330. The molecule has 0 saturated carbocycles. The summed E-state index contributed by atoms with van der Waals surface area (Å²) in [6, 6.07) is -0.0330. The molecule has 0 amide bonds. The minimum Gasteiger partial charge on any atom is -0.323 e. The molecule has 1 aromatic rings. The third kappa shape index (κ3) is 1.19. The van der Waals surface area contributed by atoms with E-state index in [1.165, 1.54) is 0 Å². The number of nitrogens with two attached hydrogens (primary N) is 1. The third-order valence-corrected chi connectivity index (χ3v) is 1.82. The first-order chi connectivity index (χ1) is 4.63. The van der Waals surface area contributed by atoms with Gasteiger partial charge in [-0.25, -0.2) is 4.68 Å². The summed E-state index contributed by atoms with van der Waals surface area (Å²) in [5.74, 6) is 0. The number of hydrogen-bond donors (Lipinski definition) is 1. The highest BCUT2D eigenvalue weighted by molar-refractivity contribution is 9.10. The SMILES string of the molecule is CC(N)c1c(Br)nnn1C. The zero-order chi connectivity index (χ0) is 7.72. The molecular weight excluding hydrogens is 196 g/mol. The van der Waals surface area contributed by atoms with Crippen molar-refractivity contribution in [1.82, 2.24) is 15.0 Å². The molecule has 1 unspecified atom stereocenters. The Labute approximate surface area is 67.5 Å². The van der Waals surface area contributed by atoms with Crippen molar-refractivity contribution in [3.8, 4) is 0 Å². The van der Waals surface area contributed by atoms with E-state index in [2.05, 4.69) is 26.2 Å². The predicted octanol–water partition coefficient (Wildman–Crippen LogP) is 0.597. The molecule has 0 fully saturated rings. The van der Waals surface area contributed by atoms with Gasteiger partial charge in [-0.05, 0) is 22.9 Å². The van der Waals surface area contributed by atoms with Crippen LogP contribution in [0.2, 0.25) is 0 Å². The first-order valence-corrected chi connectivity index (χ1v) is 3.73. The molecule has 1 aromatic heterocycles. The summed E-state index contributed by atoms with van der Waals surface area (Å²) in [4.78, 5) is 0. The van der Waals surface area contributed by atoms with Gasteiger partial charge in [0.25, 0.3) is 0 Å². The van der Waals surface area contributed by atoms with Crippen molar-refractivity contribution in [3.63, 3.8) is 0 Å². The molecule has 0 saturated heterocycles. The van der Waals surface area contributed by atoms with Crippen LogP contribution in [0.15, 0.2) is 4.60 Å². The number of hydrogen-bond acceptors (Lipinski definition) is 3. The van der Waals surface area contributed by atoms with Gasteiger partial charge >= 0.3 is 0 Å². The Morgan fingerprint density at radius 3 is 2.50 bits per heavy atom. The average Bonchev–Trinajstić information content (AvgIpc) is 2.11. The molecule has 1 rings (SSSR count). The van der Waals surface area contributed by atoms with Gasteiger partial charge in [-0.1, -0.05) is 5.21 Å². The lowest BCUT2D eigenvalue weighted by atomic mass is 10.3. The van der Waals surface area contributed by atoms with Crippen LogP contribution in [0.1, 0.15) is 18.7 Å². The van der Waals surface area contributed by atoms with E-state index in [0.29, 0.717) is 0 Å². The number of aromatic nitrogens is 3. The van der Waals surface area contributed by atoms with Crippen LogP contribution in [0, 0.1) is 0 Å². The molecule has 0 bridgehead atoms. The molecular formula is C5H9BrN4. The summed E-state index contributed by atoms with van der Waals surface area (Å²) in [6.45, 7) is 1.89. The van der Waals surface area contributed by atoms with Crippen LogP contribution in [0.4, 0.5) is 0 Å². The molecule has 0 spiro atoms. The molecule has 4 nitrogen and oxygen atoms in total. The van der Waals surface area contributed by atoms with Crippen LogP contribution < -0.4 is 5.73 Å². The lowest BCUT2D eigenvalue weighted by molar-refractivity contribution is 0.636. The van der Waals surface area contributed by atoms with Gasteiger partial charge in [0.1, 0.15) is 0 Å². The van der Waals surface area contributed by atoms with Gasteiger partial charge in [0.15, 0.2) is 4.60 Å². The van der Waals surface area contributed by atoms with Crippen molar-refractivity contribution >= 4 is 15.9 Å². The topological polar surface area (TPSA) is 56.7 Å². The molecule has 56 valence electrons. The summed E-state index contributed by atoms with van der Waals surface area (Å²) in [5, 5.41) is 7.56. The van der Waals surface area contributed by atoms with Crippen LogP contribution >= 0.6 is 15.9 Å². The predicted molar refractivity (Wildman–Crippen MR) is 41.3 cm³/mol. The van der Waals surface area contributed by atoms with Gasteiger partial charge in [0, 0.05) is 13.1 Å². The molecule has 0 aromatic carbocycles. The highest BCUT2D eigenvalue weighted by Crippen LogP contribution is 2.17. The normalized spacial score (nSPS) is 13.6. The zero-order valence-electron chi connectivity index (χ0n) is 5.87. The van der Waals surface area contributed by atoms with E-state index >= 15 is 0 Å². The fraction of sp³-hybridized carbons (Fsp3) is 0.600. The first kappa shape index (κ1) is 7.68. The van der Waals surface area contributed by atoms with Crippen molar-refractivity contribution in [1.29, 1.82) is 0 Å².